The lowest BCUT2D eigenvalue weighted by Crippen LogP contribution is -2.38. The van der Waals surface area contributed by atoms with E-state index < -0.39 is 18.2 Å². The third-order valence-electron chi connectivity index (χ3n) is 3.27. The van der Waals surface area contributed by atoms with E-state index in [4.69, 9.17) is 10.2 Å². The van der Waals surface area contributed by atoms with Gasteiger partial charge in [0.25, 0.3) is 0 Å². The molecule has 5 heteroatoms. The van der Waals surface area contributed by atoms with Crippen molar-refractivity contribution in [2.45, 2.75) is 39.3 Å². The van der Waals surface area contributed by atoms with Crippen molar-refractivity contribution < 1.29 is 19.0 Å². The molecule has 1 rings (SSSR count). The number of aliphatic hydroxyl groups is 2. The van der Waals surface area contributed by atoms with Gasteiger partial charge in [-0.1, -0.05) is 13.8 Å². The quantitative estimate of drug-likeness (QED) is 0.802. The molecule has 0 heterocycles. The lowest BCUT2D eigenvalue weighted by Gasteiger charge is -2.32. The average molecular weight is 273 g/mol. The molecule has 0 aromatic heterocycles. The van der Waals surface area contributed by atoms with Gasteiger partial charge < -0.3 is 15.1 Å². The molecule has 0 spiro atoms. The zero-order valence-corrected chi connectivity index (χ0v) is 11.4. The van der Waals surface area contributed by atoms with Crippen molar-refractivity contribution in [3.63, 3.8) is 0 Å². The van der Waals surface area contributed by atoms with Crippen LogP contribution in [0.25, 0.3) is 0 Å². The topological polar surface area (TPSA) is 43.7 Å². The number of benzene rings is 1. The monoisotopic (exact) mass is 273 g/mol. The molecule has 0 radical (unpaired) electrons. The van der Waals surface area contributed by atoms with E-state index in [2.05, 4.69) is 0 Å². The molecule has 0 aliphatic carbocycles. The third-order valence-corrected chi connectivity index (χ3v) is 3.27. The SMILES string of the molecule is CCC(CC)N(CCO)c1c(F)cc(CO)cc1F. The smallest absolute Gasteiger partial charge is 0.149 e. The number of aliphatic hydroxyl groups excluding tert-OH is 2. The summed E-state index contributed by atoms with van der Waals surface area (Å²) in [6.07, 6.45) is 1.47. The minimum Gasteiger partial charge on any atom is -0.395 e. The first-order valence-corrected chi connectivity index (χ1v) is 6.55. The predicted molar refractivity (Wildman–Crippen MR) is 71.1 cm³/mol. The lowest BCUT2D eigenvalue weighted by molar-refractivity contribution is 0.280. The molecule has 0 unspecified atom stereocenters. The molecule has 0 saturated carbocycles. The first-order valence-electron chi connectivity index (χ1n) is 6.55. The van der Waals surface area contributed by atoms with Crippen LogP contribution in [0.1, 0.15) is 32.3 Å². The molecule has 1 aromatic carbocycles. The van der Waals surface area contributed by atoms with E-state index >= 15 is 0 Å². The Morgan fingerprint density at radius 1 is 1.11 bits per heavy atom. The lowest BCUT2D eigenvalue weighted by atomic mass is 10.1. The van der Waals surface area contributed by atoms with Crippen LogP contribution in [0.5, 0.6) is 0 Å². The number of rotatable bonds is 7. The molecule has 0 aliphatic heterocycles. The van der Waals surface area contributed by atoms with Crippen molar-refractivity contribution in [2.75, 3.05) is 18.1 Å². The summed E-state index contributed by atoms with van der Waals surface area (Å²) >= 11 is 0. The van der Waals surface area contributed by atoms with Gasteiger partial charge in [0.2, 0.25) is 0 Å². The highest BCUT2D eigenvalue weighted by atomic mass is 19.1. The molecule has 0 aliphatic rings. The van der Waals surface area contributed by atoms with Crippen molar-refractivity contribution in [1.29, 1.82) is 0 Å². The van der Waals surface area contributed by atoms with Crippen molar-refractivity contribution in [3.05, 3.63) is 29.3 Å². The highest BCUT2D eigenvalue weighted by molar-refractivity contribution is 5.51. The van der Waals surface area contributed by atoms with Crippen LogP contribution < -0.4 is 4.90 Å². The molecule has 108 valence electrons. The summed E-state index contributed by atoms with van der Waals surface area (Å²) in [6.45, 7) is 3.49. The maximum absolute atomic E-state index is 14.0. The van der Waals surface area contributed by atoms with Crippen LogP contribution in [0.2, 0.25) is 0 Å². The minimum absolute atomic E-state index is 0.0314. The fourth-order valence-corrected chi connectivity index (χ4v) is 2.30. The summed E-state index contributed by atoms with van der Waals surface area (Å²) in [7, 11) is 0. The van der Waals surface area contributed by atoms with E-state index in [0.717, 1.165) is 25.0 Å². The summed E-state index contributed by atoms with van der Waals surface area (Å²) in [5.74, 6) is -1.41. The molecule has 0 saturated heterocycles. The zero-order valence-electron chi connectivity index (χ0n) is 11.4. The standard InChI is InChI=1S/C14H21F2NO2/c1-3-11(4-2)17(5-6-18)14-12(15)7-10(9-19)8-13(14)16/h7-8,11,18-19H,3-6,9H2,1-2H3. The number of hydrogen-bond donors (Lipinski definition) is 2. The number of nitrogens with zero attached hydrogens (tertiary/aromatic N) is 1. The van der Waals surface area contributed by atoms with E-state index in [9.17, 15) is 8.78 Å². The Kier molecular flexibility index (Phi) is 6.18. The van der Waals surface area contributed by atoms with Gasteiger partial charge in [0.15, 0.2) is 0 Å². The van der Waals surface area contributed by atoms with Crippen molar-refractivity contribution >= 4 is 5.69 Å². The summed E-state index contributed by atoms with van der Waals surface area (Å²) in [5, 5.41) is 18.0. The Hall–Kier alpha value is -1.20. The van der Waals surface area contributed by atoms with Gasteiger partial charge in [-0.25, -0.2) is 8.78 Å². The molecule has 19 heavy (non-hydrogen) atoms. The maximum atomic E-state index is 14.0. The van der Waals surface area contributed by atoms with Gasteiger partial charge in [-0.15, -0.1) is 0 Å². The molecular weight excluding hydrogens is 252 g/mol. The number of hydrogen-bond acceptors (Lipinski definition) is 3. The Morgan fingerprint density at radius 3 is 2.00 bits per heavy atom. The van der Waals surface area contributed by atoms with Crippen LogP contribution in [0.3, 0.4) is 0 Å². The van der Waals surface area contributed by atoms with Crippen molar-refractivity contribution in [1.82, 2.24) is 0 Å². The van der Waals surface area contributed by atoms with E-state index in [1.165, 1.54) is 0 Å². The zero-order chi connectivity index (χ0) is 14.4. The fraction of sp³-hybridized carbons (Fsp3) is 0.571. The summed E-state index contributed by atoms with van der Waals surface area (Å²) in [4.78, 5) is 1.56. The molecular formula is C14H21F2NO2. The van der Waals surface area contributed by atoms with Crippen molar-refractivity contribution in [3.8, 4) is 0 Å². The van der Waals surface area contributed by atoms with E-state index in [-0.39, 0.29) is 30.4 Å². The molecule has 0 atom stereocenters. The second-order valence-electron chi connectivity index (χ2n) is 4.45. The normalized spacial score (nSPS) is 11.1. The van der Waals surface area contributed by atoms with Gasteiger partial charge >= 0.3 is 0 Å². The molecule has 2 N–H and O–H groups in total. The van der Waals surface area contributed by atoms with Crippen LogP contribution in [0, 0.1) is 11.6 Å². The van der Waals surface area contributed by atoms with Crippen LogP contribution >= 0.6 is 0 Å². The second-order valence-corrected chi connectivity index (χ2v) is 4.45. The Morgan fingerprint density at radius 2 is 1.63 bits per heavy atom. The minimum atomic E-state index is -0.704. The third kappa shape index (κ3) is 3.64. The van der Waals surface area contributed by atoms with Crippen molar-refractivity contribution in [2.24, 2.45) is 0 Å². The predicted octanol–water partition coefficient (Wildman–Crippen LogP) is 2.44. The van der Waals surface area contributed by atoms with E-state index in [1.54, 1.807) is 4.90 Å². The largest absolute Gasteiger partial charge is 0.395 e. The van der Waals surface area contributed by atoms with Gasteiger partial charge in [0, 0.05) is 12.6 Å². The fourth-order valence-electron chi connectivity index (χ4n) is 2.30. The van der Waals surface area contributed by atoms with Gasteiger partial charge in [0.05, 0.1) is 13.2 Å². The molecule has 0 fully saturated rings. The molecule has 3 nitrogen and oxygen atoms in total. The first kappa shape index (κ1) is 15.9. The Balaban J connectivity index is 3.22. The Labute approximate surface area is 112 Å². The molecule has 1 aromatic rings. The van der Waals surface area contributed by atoms with Crippen LogP contribution in [-0.2, 0) is 6.61 Å². The average Bonchev–Trinajstić information content (AvgIpc) is 2.39. The van der Waals surface area contributed by atoms with Crippen LogP contribution in [0.15, 0.2) is 12.1 Å². The van der Waals surface area contributed by atoms with Gasteiger partial charge in [0.1, 0.15) is 17.3 Å². The summed E-state index contributed by atoms with van der Waals surface area (Å²) < 4.78 is 28.1. The first-order chi connectivity index (χ1) is 9.08. The maximum Gasteiger partial charge on any atom is 0.149 e. The van der Waals surface area contributed by atoms with E-state index in [0.29, 0.717) is 0 Å². The van der Waals surface area contributed by atoms with Gasteiger partial charge in [-0.3, -0.25) is 0 Å². The van der Waals surface area contributed by atoms with Gasteiger partial charge in [-0.2, -0.15) is 0 Å². The Bertz CT molecular complexity index is 385. The molecule has 0 amide bonds. The highest BCUT2D eigenvalue weighted by Gasteiger charge is 2.22. The number of anilines is 1. The second kappa shape index (κ2) is 7.40. The highest BCUT2D eigenvalue weighted by Crippen LogP contribution is 2.28. The van der Waals surface area contributed by atoms with Gasteiger partial charge in [-0.05, 0) is 30.5 Å². The molecule has 0 bridgehead atoms. The summed E-state index contributed by atoms with van der Waals surface area (Å²) in [5.41, 5.74) is 0.0761. The van der Waals surface area contributed by atoms with E-state index in [1.807, 2.05) is 13.8 Å². The van der Waals surface area contributed by atoms with Crippen LogP contribution in [-0.4, -0.2) is 29.4 Å². The van der Waals surface area contributed by atoms with Crippen LogP contribution in [0.4, 0.5) is 14.5 Å². The summed E-state index contributed by atoms with van der Waals surface area (Å²) in [6, 6.07) is 2.23. The number of halogens is 2.